The van der Waals surface area contributed by atoms with Gasteiger partial charge in [0.25, 0.3) is 0 Å². The molecule has 1 heterocycles. The molecule has 1 atom stereocenters. The first-order valence-electron chi connectivity index (χ1n) is 6.08. The summed E-state index contributed by atoms with van der Waals surface area (Å²) < 4.78 is 40.0. The Morgan fingerprint density at radius 3 is 2.43 bits per heavy atom. The van der Waals surface area contributed by atoms with Gasteiger partial charge in [0.2, 0.25) is 0 Å². The lowest BCUT2D eigenvalue weighted by molar-refractivity contribution is -0.138. The molecule has 0 bridgehead atoms. The summed E-state index contributed by atoms with van der Waals surface area (Å²) in [6.07, 6.45) is -3.73. The minimum Gasteiger partial charge on any atom is -0.313 e. The second-order valence-electron chi connectivity index (χ2n) is 4.47. The van der Waals surface area contributed by atoms with Gasteiger partial charge in [-0.1, -0.05) is 22.0 Å². The Balaban J connectivity index is 2.33. The maximum atomic E-state index is 13.0. The van der Waals surface area contributed by atoms with Crippen LogP contribution in [0.2, 0.25) is 0 Å². The van der Waals surface area contributed by atoms with Gasteiger partial charge in [0.15, 0.2) is 0 Å². The Kier molecular flexibility index (Phi) is 5.51. The van der Waals surface area contributed by atoms with Gasteiger partial charge in [-0.15, -0.1) is 11.3 Å². The van der Waals surface area contributed by atoms with Gasteiger partial charge in [-0.25, -0.2) is 0 Å². The molecule has 0 saturated carbocycles. The molecule has 1 N–H and O–H groups in total. The third-order valence-corrected chi connectivity index (χ3v) is 5.77. The smallest absolute Gasteiger partial charge is 0.313 e. The van der Waals surface area contributed by atoms with Crippen molar-refractivity contribution in [2.45, 2.75) is 18.6 Å². The van der Waals surface area contributed by atoms with E-state index in [-0.39, 0.29) is 10.5 Å². The Morgan fingerprint density at radius 1 is 1.19 bits per heavy atom. The molecule has 0 aliphatic rings. The first kappa shape index (κ1) is 17.0. The number of hydrogen-bond donors (Lipinski definition) is 1. The number of thiophene rings is 1. The molecule has 7 heteroatoms. The van der Waals surface area contributed by atoms with Crippen LogP contribution in [0.25, 0.3) is 0 Å². The molecule has 0 fully saturated rings. The standard InChI is InChI=1S/C14H12Br2F3NS/c1-20-12(7-13-11(16)4-5-21-13)8-2-3-10(15)9(6-8)14(17,18)19/h2-6,12,20H,7H2,1H3. The van der Waals surface area contributed by atoms with Crippen LogP contribution in [0.4, 0.5) is 13.2 Å². The molecular weight excluding hydrogens is 431 g/mol. The van der Waals surface area contributed by atoms with Crippen LogP contribution in [0.1, 0.15) is 22.0 Å². The Morgan fingerprint density at radius 2 is 1.90 bits per heavy atom. The van der Waals surface area contributed by atoms with Crippen molar-refractivity contribution < 1.29 is 13.2 Å². The summed E-state index contributed by atoms with van der Waals surface area (Å²) in [5.74, 6) is 0. The highest BCUT2D eigenvalue weighted by atomic mass is 79.9. The van der Waals surface area contributed by atoms with Crippen molar-refractivity contribution in [3.63, 3.8) is 0 Å². The van der Waals surface area contributed by atoms with Crippen molar-refractivity contribution >= 4 is 43.2 Å². The van der Waals surface area contributed by atoms with Crippen molar-refractivity contribution in [2.75, 3.05) is 7.05 Å². The lowest BCUT2D eigenvalue weighted by atomic mass is 10.0. The highest BCUT2D eigenvalue weighted by Gasteiger charge is 2.33. The van der Waals surface area contributed by atoms with Crippen molar-refractivity contribution in [3.05, 3.63) is 54.6 Å². The van der Waals surface area contributed by atoms with E-state index in [9.17, 15) is 13.2 Å². The topological polar surface area (TPSA) is 12.0 Å². The van der Waals surface area contributed by atoms with Gasteiger partial charge in [-0.2, -0.15) is 13.2 Å². The van der Waals surface area contributed by atoms with Gasteiger partial charge in [0.05, 0.1) is 5.56 Å². The summed E-state index contributed by atoms with van der Waals surface area (Å²) in [4.78, 5) is 1.10. The zero-order valence-corrected chi connectivity index (χ0v) is 15.0. The summed E-state index contributed by atoms with van der Waals surface area (Å²) in [6.45, 7) is 0. The minimum absolute atomic E-state index is 0.0610. The number of halogens is 5. The average molecular weight is 443 g/mol. The fraction of sp³-hybridized carbons (Fsp3) is 0.286. The minimum atomic E-state index is -4.36. The van der Waals surface area contributed by atoms with Crippen LogP contribution in [0.15, 0.2) is 38.6 Å². The Labute approximate surface area is 141 Å². The summed E-state index contributed by atoms with van der Waals surface area (Å²) in [5, 5.41) is 5.04. The maximum absolute atomic E-state index is 13.0. The molecule has 2 rings (SSSR count). The molecule has 1 nitrogen and oxygen atoms in total. The lowest BCUT2D eigenvalue weighted by Gasteiger charge is -2.19. The highest BCUT2D eigenvalue weighted by Crippen LogP contribution is 2.37. The van der Waals surface area contributed by atoms with Crippen LogP contribution >= 0.6 is 43.2 Å². The third-order valence-electron chi connectivity index (χ3n) is 3.13. The molecule has 1 unspecified atom stereocenters. The molecule has 0 aliphatic carbocycles. The molecule has 0 amide bonds. The Bertz CT molecular complexity index is 625. The van der Waals surface area contributed by atoms with E-state index in [0.717, 1.165) is 9.35 Å². The van der Waals surface area contributed by atoms with Gasteiger partial charge < -0.3 is 5.32 Å². The fourth-order valence-corrected chi connectivity index (χ4v) is 4.05. The molecule has 0 radical (unpaired) electrons. The third kappa shape index (κ3) is 4.09. The van der Waals surface area contributed by atoms with Gasteiger partial charge in [0, 0.05) is 26.3 Å². The zero-order valence-electron chi connectivity index (χ0n) is 11.0. The maximum Gasteiger partial charge on any atom is 0.417 e. The van der Waals surface area contributed by atoms with Crippen molar-refractivity contribution in [3.8, 4) is 0 Å². The number of hydrogen-bond acceptors (Lipinski definition) is 2. The number of nitrogens with one attached hydrogen (secondary N) is 1. The van der Waals surface area contributed by atoms with Crippen molar-refractivity contribution in [1.82, 2.24) is 5.32 Å². The largest absolute Gasteiger partial charge is 0.417 e. The molecule has 0 aliphatic heterocycles. The highest BCUT2D eigenvalue weighted by molar-refractivity contribution is 9.10. The van der Waals surface area contributed by atoms with E-state index in [2.05, 4.69) is 37.2 Å². The fourth-order valence-electron chi connectivity index (χ4n) is 2.02. The van der Waals surface area contributed by atoms with Crippen LogP contribution in [0.5, 0.6) is 0 Å². The predicted octanol–water partition coefficient (Wildman–Crippen LogP) is 5.80. The second-order valence-corrected chi connectivity index (χ2v) is 7.18. The van der Waals surface area contributed by atoms with Crippen LogP contribution in [0.3, 0.4) is 0 Å². The quantitative estimate of drug-likeness (QED) is 0.631. The monoisotopic (exact) mass is 441 g/mol. The Hall–Kier alpha value is -0.370. The van der Waals surface area contributed by atoms with Crippen LogP contribution < -0.4 is 5.32 Å². The van der Waals surface area contributed by atoms with E-state index in [1.807, 2.05) is 11.4 Å². The van der Waals surface area contributed by atoms with E-state index in [1.54, 1.807) is 24.5 Å². The first-order chi connectivity index (χ1) is 9.82. The van der Waals surface area contributed by atoms with E-state index >= 15 is 0 Å². The molecule has 2 aromatic rings. The van der Waals surface area contributed by atoms with Crippen LogP contribution in [-0.4, -0.2) is 7.05 Å². The number of rotatable bonds is 4. The first-order valence-corrected chi connectivity index (χ1v) is 8.55. The van der Waals surface area contributed by atoms with E-state index in [0.29, 0.717) is 12.0 Å². The molecule has 1 aromatic heterocycles. The summed E-state index contributed by atoms with van der Waals surface area (Å²) in [5.41, 5.74) is -0.0289. The summed E-state index contributed by atoms with van der Waals surface area (Å²) in [6, 6.07) is 6.13. The van der Waals surface area contributed by atoms with Gasteiger partial charge in [0.1, 0.15) is 0 Å². The summed E-state index contributed by atoms with van der Waals surface area (Å²) >= 11 is 8.00. The van der Waals surface area contributed by atoms with Gasteiger partial charge >= 0.3 is 6.18 Å². The van der Waals surface area contributed by atoms with Crippen LogP contribution in [0, 0.1) is 0 Å². The van der Waals surface area contributed by atoms with Crippen molar-refractivity contribution in [2.24, 2.45) is 0 Å². The number of likely N-dealkylation sites (N-methyl/N-ethyl adjacent to an activating group) is 1. The van der Waals surface area contributed by atoms with E-state index in [4.69, 9.17) is 0 Å². The molecule has 0 saturated heterocycles. The number of benzene rings is 1. The lowest BCUT2D eigenvalue weighted by Crippen LogP contribution is -2.19. The van der Waals surface area contributed by atoms with Crippen LogP contribution in [-0.2, 0) is 12.6 Å². The molecule has 0 spiro atoms. The second kappa shape index (κ2) is 6.81. The molecule has 1 aromatic carbocycles. The zero-order chi connectivity index (χ0) is 15.6. The molecule has 21 heavy (non-hydrogen) atoms. The van der Waals surface area contributed by atoms with E-state index < -0.39 is 11.7 Å². The number of alkyl halides is 3. The summed E-state index contributed by atoms with van der Waals surface area (Å²) in [7, 11) is 1.75. The predicted molar refractivity (Wildman–Crippen MR) is 86.7 cm³/mol. The normalized spacial score (nSPS) is 13.4. The van der Waals surface area contributed by atoms with E-state index in [1.165, 1.54) is 12.1 Å². The SMILES string of the molecule is CNC(Cc1sccc1Br)c1ccc(Br)c(C(F)(F)F)c1. The average Bonchev–Trinajstić information content (AvgIpc) is 2.81. The van der Waals surface area contributed by atoms with Gasteiger partial charge in [-0.3, -0.25) is 0 Å². The van der Waals surface area contributed by atoms with Gasteiger partial charge in [-0.05, 0) is 52.1 Å². The van der Waals surface area contributed by atoms with Crippen molar-refractivity contribution in [1.29, 1.82) is 0 Å². The molecule has 114 valence electrons. The molecular formula is C14H12Br2F3NS.